The van der Waals surface area contributed by atoms with Gasteiger partial charge in [-0.1, -0.05) is 97.1 Å². The van der Waals surface area contributed by atoms with Crippen LogP contribution >= 0.6 is 0 Å². The smallest absolute Gasteiger partial charge is 0.244 e. The molecule has 0 aromatic heterocycles. The monoisotopic (exact) mass is 366 g/mol. The van der Waals surface area contributed by atoms with Crippen LogP contribution in [0.1, 0.15) is 23.1 Å². The van der Waals surface area contributed by atoms with Crippen molar-refractivity contribution in [1.82, 2.24) is 5.43 Å². The third-order valence-electron chi connectivity index (χ3n) is 5.28. The van der Waals surface area contributed by atoms with Crippen LogP contribution in [0, 0.1) is 5.92 Å². The molecule has 1 N–H and O–H groups in total. The first-order valence-corrected chi connectivity index (χ1v) is 9.46. The predicted molar refractivity (Wildman–Crippen MR) is 114 cm³/mol. The van der Waals surface area contributed by atoms with Gasteiger partial charge in [-0.3, -0.25) is 4.79 Å². The van der Waals surface area contributed by atoms with Crippen molar-refractivity contribution >= 4 is 18.2 Å². The maximum atomic E-state index is 12.8. The summed E-state index contributed by atoms with van der Waals surface area (Å²) >= 11 is 0. The van der Waals surface area contributed by atoms with Crippen LogP contribution in [0.3, 0.4) is 0 Å². The number of hydrogen-bond acceptors (Lipinski definition) is 2. The van der Waals surface area contributed by atoms with Gasteiger partial charge in [0, 0.05) is 11.6 Å². The highest BCUT2D eigenvalue weighted by atomic mass is 16.2. The van der Waals surface area contributed by atoms with Crippen LogP contribution in [0.4, 0.5) is 0 Å². The van der Waals surface area contributed by atoms with Crippen molar-refractivity contribution in [3.63, 3.8) is 0 Å². The van der Waals surface area contributed by atoms with E-state index < -0.39 is 0 Å². The van der Waals surface area contributed by atoms with Gasteiger partial charge in [-0.25, -0.2) is 5.43 Å². The van der Waals surface area contributed by atoms with Crippen LogP contribution in [0.25, 0.3) is 6.08 Å². The number of hydrogen-bond donors (Lipinski definition) is 1. The van der Waals surface area contributed by atoms with E-state index in [-0.39, 0.29) is 17.2 Å². The van der Waals surface area contributed by atoms with Gasteiger partial charge in [0.15, 0.2) is 0 Å². The molecule has 0 heterocycles. The molecular formula is C25H22N2O. The summed E-state index contributed by atoms with van der Waals surface area (Å²) in [5.74, 6) is -0.162. The van der Waals surface area contributed by atoms with Gasteiger partial charge in [-0.05, 0) is 29.2 Å². The molecule has 1 aliphatic carbocycles. The zero-order valence-corrected chi connectivity index (χ0v) is 15.5. The Kier molecular flexibility index (Phi) is 5.16. The van der Waals surface area contributed by atoms with Crippen molar-refractivity contribution in [2.75, 3.05) is 0 Å². The van der Waals surface area contributed by atoms with Gasteiger partial charge in [-0.2, -0.15) is 5.10 Å². The molecule has 0 spiro atoms. The van der Waals surface area contributed by atoms with Crippen LogP contribution in [0.2, 0.25) is 0 Å². The fraction of sp³-hybridized carbons (Fsp3) is 0.120. The standard InChI is InChI=1S/C25H22N2O/c28-24(27-26-18-10-13-20-11-4-1-5-12-20)23-19-25(23,21-14-6-2-7-15-21)22-16-8-3-9-17-22/h1-18,23H,19H2,(H,27,28)/b13-10+,26-18-/t23-/m1/s1. The minimum atomic E-state index is -0.262. The molecule has 0 aliphatic heterocycles. The van der Waals surface area contributed by atoms with E-state index in [0.717, 1.165) is 12.0 Å². The molecule has 1 atom stereocenters. The summed E-state index contributed by atoms with van der Waals surface area (Å²) in [4.78, 5) is 12.8. The topological polar surface area (TPSA) is 41.5 Å². The van der Waals surface area contributed by atoms with Gasteiger partial charge >= 0.3 is 0 Å². The van der Waals surface area contributed by atoms with Crippen LogP contribution in [0.15, 0.2) is 102 Å². The number of carbonyl (C=O) groups is 1. The third-order valence-corrected chi connectivity index (χ3v) is 5.28. The lowest BCUT2D eigenvalue weighted by Crippen LogP contribution is -2.25. The lowest BCUT2D eigenvalue weighted by Gasteiger charge is -2.18. The van der Waals surface area contributed by atoms with Gasteiger partial charge < -0.3 is 0 Å². The van der Waals surface area contributed by atoms with E-state index in [1.165, 1.54) is 11.1 Å². The van der Waals surface area contributed by atoms with Gasteiger partial charge in [0.25, 0.3) is 0 Å². The van der Waals surface area contributed by atoms with Crippen molar-refractivity contribution < 1.29 is 4.79 Å². The van der Waals surface area contributed by atoms with E-state index in [1.807, 2.05) is 78.9 Å². The molecule has 1 saturated carbocycles. The van der Waals surface area contributed by atoms with Crippen LogP contribution in [-0.4, -0.2) is 12.1 Å². The van der Waals surface area contributed by atoms with Crippen molar-refractivity contribution in [2.24, 2.45) is 11.0 Å². The van der Waals surface area contributed by atoms with E-state index >= 15 is 0 Å². The minimum Gasteiger partial charge on any atom is -0.273 e. The molecule has 1 aliphatic rings. The van der Waals surface area contributed by atoms with Gasteiger partial charge in [0.2, 0.25) is 5.91 Å². The number of hydrazone groups is 1. The first-order valence-electron chi connectivity index (χ1n) is 9.46. The summed E-state index contributed by atoms with van der Waals surface area (Å²) in [6.45, 7) is 0. The predicted octanol–water partition coefficient (Wildman–Crippen LogP) is 4.81. The maximum Gasteiger partial charge on any atom is 0.244 e. The van der Waals surface area contributed by atoms with Crippen molar-refractivity contribution in [3.05, 3.63) is 114 Å². The fourth-order valence-corrected chi connectivity index (χ4v) is 3.80. The quantitative estimate of drug-likeness (QED) is 0.494. The molecule has 0 saturated heterocycles. The molecule has 1 fully saturated rings. The van der Waals surface area contributed by atoms with Gasteiger partial charge in [-0.15, -0.1) is 0 Å². The van der Waals surface area contributed by atoms with Crippen LogP contribution in [0.5, 0.6) is 0 Å². The normalized spacial score (nSPS) is 17.6. The number of rotatable bonds is 6. The van der Waals surface area contributed by atoms with E-state index in [2.05, 4.69) is 34.8 Å². The third kappa shape index (κ3) is 3.65. The van der Waals surface area contributed by atoms with Crippen LogP contribution < -0.4 is 5.43 Å². The highest BCUT2D eigenvalue weighted by molar-refractivity contribution is 5.87. The van der Waals surface area contributed by atoms with E-state index in [9.17, 15) is 4.79 Å². The van der Waals surface area contributed by atoms with E-state index in [1.54, 1.807) is 6.21 Å². The Morgan fingerprint density at radius 3 is 1.96 bits per heavy atom. The van der Waals surface area contributed by atoms with Crippen molar-refractivity contribution in [1.29, 1.82) is 0 Å². The zero-order valence-electron chi connectivity index (χ0n) is 15.5. The summed E-state index contributed by atoms with van der Waals surface area (Å²) in [5.41, 5.74) is 5.89. The molecular weight excluding hydrogens is 344 g/mol. The SMILES string of the molecule is O=C(N/N=C\C=C\c1ccccc1)[C@H]1CC1(c1ccccc1)c1ccccc1. The molecule has 0 radical (unpaired) electrons. The van der Waals surface area contributed by atoms with Crippen LogP contribution in [-0.2, 0) is 10.2 Å². The molecule has 3 aromatic rings. The van der Waals surface area contributed by atoms with E-state index in [4.69, 9.17) is 0 Å². The van der Waals surface area contributed by atoms with E-state index in [0.29, 0.717) is 0 Å². The molecule has 0 unspecified atom stereocenters. The molecule has 3 nitrogen and oxygen atoms in total. The fourth-order valence-electron chi connectivity index (χ4n) is 3.80. The average molecular weight is 366 g/mol. The number of allylic oxidation sites excluding steroid dienone is 1. The molecule has 28 heavy (non-hydrogen) atoms. The minimum absolute atomic E-state index is 0.0444. The Bertz CT molecular complexity index is 939. The Morgan fingerprint density at radius 2 is 1.39 bits per heavy atom. The Labute approximate surface area is 165 Å². The number of nitrogens with zero attached hydrogens (tertiary/aromatic N) is 1. The average Bonchev–Trinajstić information content (AvgIpc) is 3.53. The number of amides is 1. The Hall–Kier alpha value is -3.46. The van der Waals surface area contributed by atoms with Gasteiger partial charge in [0.05, 0.1) is 5.92 Å². The highest BCUT2D eigenvalue weighted by Gasteiger charge is 2.60. The second-order valence-electron chi connectivity index (χ2n) is 6.98. The first kappa shape index (κ1) is 17.9. The zero-order chi connectivity index (χ0) is 19.2. The summed E-state index contributed by atoms with van der Waals surface area (Å²) in [6, 6.07) is 30.5. The number of carbonyl (C=O) groups excluding carboxylic acids is 1. The highest BCUT2D eigenvalue weighted by Crippen LogP contribution is 2.58. The second-order valence-corrected chi connectivity index (χ2v) is 6.98. The summed E-state index contributed by atoms with van der Waals surface area (Å²) < 4.78 is 0. The van der Waals surface area contributed by atoms with Crippen molar-refractivity contribution in [3.8, 4) is 0 Å². The first-order chi connectivity index (χ1) is 13.8. The molecule has 3 heteroatoms. The summed E-state index contributed by atoms with van der Waals surface area (Å²) in [6.07, 6.45) is 6.18. The Morgan fingerprint density at radius 1 is 0.857 bits per heavy atom. The largest absolute Gasteiger partial charge is 0.273 e. The maximum absolute atomic E-state index is 12.8. The van der Waals surface area contributed by atoms with Crippen molar-refractivity contribution in [2.45, 2.75) is 11.8 Å². The molecule has 1 amide bonds. The molecule has 0 bridgehead atoms. The molecule has 138 valence electrons. The molecule has 4 rings (SSSR count). The molecule has 3 aromatic carbocycles. The summed E-state index contributed by atoms with van der Waals surface area (Å²) in [7, 11) is 0. The lowest BCUT2D eigenvalue weighted by atomic mass is 9.85. The Balaban J connectivity index is 1.46. The van der Waals surface area contributed by atoms with Gasteiger partial charge in [0.1, 0.15) is 0 Å². The summed E-state index contributed by atoms with van der Waals surface area (Å²) in [5, 5.41) is 4.09. The number of benzene rings is 3. The number of nitrogens with one attached hydrogen (secondary N) is 1. The second kappa shape index (κ2) is 8.05. The lowest BCUT2D eigenvalue weighted by molar-refractivity contribution is -0.122.